The summed E-state index contributed by atoms with van der Waals surface area (Å²) in [6.07, 6.45) is -2.92. The molecule has 0 spiro atoms. The summed E-state index contributed by atoms with van der Waals surface area (Å²) in [5.41, 5.74) is -0.856. The molecule has 0 amide bonds. The van der Waals surface area contributed by atoms with E-state index in [9.17, 15) is 18.3 Å². The van der Waals surface area contributed by atoms with Gasteiger partial charge in [0.15, 0.2) is 0 Å². The summed E-state index contributed by atoms with van der Waals surface area (Å²) in [4.78, 5) is 5.66. The minimum Gasteiger partial charge on any atom is -0.393 e. The second-order valence-corrected chi connectivity index (χ2v) is 5.15. The van der Waals surface area contributed by atoms with E-state index in [4.69, 9.17) is 11.6 Å². The van der Waals surface area contributed by atoms with Crippen LogP contribution >= 0.6 is 11.6 Å². The number of piperidine rings is 1. The van der Waals surface area contributed by atoms with Crippen molar-refractivity contribution >= 4 is 17.4 Å². The van der Waals surface area contributed by atoms with Crippen LogP contribution in [0.25, 0.3) is 0 Å². The maximum Gasteiger partial charge on any atom is 0.417 e. The number of hydrogen-bond acceptors (Lipinski definition) is 3. The Hall–Kier alpha value is -1.01. The summed E-state index contributed by atoms with van der Waals surface area (Å²) in [6.45, 7) is 2.42. The summed E-state index contributed by atoms with van der Waals surface area (Å²) < 4.78 is 37.6. The van der Waals surface area contributed by atoms with Crippen molar-refractivity contribution in [2.75, 3.05) is 11.4 Å². The van der Waals surface area contributed by atoms with E-state index in [-0.39, 0.29) is 17.2 Å². The van der Waals surface area contributed by atoms with Gasteiger partial charge in [-0.05, 0) is 25.8 Å². The molecule has 1 aromatic rings. The van der Waals surface area contributed by atoms with Gasteiger partial charge in [0, 0.05) is 18.8 Å². The zero-order chi connectivity index (χ0) is 14.2. The molecule has 1 aliphatic rings. The van der Waals surface area contributed by atoms with Gasteiger partial charge < -0.3 is 10.0 Å². The highest BCUT2D eigenvalue weighted by molar-refractivity contribution is 6.33. The van der Waals surface area contributed by atoms with Gasteiger partial charge in [0.2, 0.25) is 0 Å². The molecule has 3 nitrogen and oxygen atoms in total. The fourth-order valence-electron chi connectivity index (χ4n) is 2.26. The normalized spacial score (nSPS) is 24.6. The zero-order valence-electron chi connectivity index (χ0n) is 10.3. The fraction of sp³-hybridized carbons (Fsp3) is 0.583. The Morgan fingerprint density at radius 1 is 1.47 bits per heavy atom. The quantitative estimate of drug-likeness (QED) is 0.864. The Bertz CT molecular complexity index is 467. The summed E-state index contributed by atoms with van der Waals surface area (Å²) >= 11 is 5.90. The number of rotatable bonds is 1. The third-order valence-electron chi connectivity index (χ3n) is 3.27. The maximum absolute atomic E-state index is 12.5. The number of aromatic nitrogens is 1. The first kappa shape index (κ1) is 14.4. The molecule has 0 radical (unpaired) electrons. The molecule has 1 saturated heterocycles. The Kier molecular flexibility index (Phi) is 3.92. The second kappa shape index (κ2) is 5.17. The first-order chi connectivity index (χ1) is 8.79. The molecule has 1 N–H and O–H groups in total. The molecule has 2 heterocycles. The first-order valence-corrected chi connectivity index (χ1v) is 6.34. The molecule has 0 bridgehead atoms. The van der Waals surface area contributed by atoms with Gasteiger partial charge in [0.05, 0.1) is 16.7 Å². The zero-order valence-corrected chi connectivity index (χ0v) is 11.0. The van der Waals surface area contributed by atoms with Gasteiger partial charge in [0.25, 0.3) is 0 Å². The number of aliphatic hydroxyl groups is 1. The molecule has 1 unspecified atom stereocenters. The molecular weight excluding hydrogens is 281 g/mol. The van der Waals surface area contributed by atoms with Gasteiger partial charge in [0.1, 0.15) is 5.82 Å². The van der Waals surface area contributed by atoms with Crippen molar-refractivity contribution in [2.24, 2.45) is 0 Å². The number of halogens is 4. The van der Waals surface area contributed by atoms with Gasteiger partial charge in [-0.1, -0.05) is 11.6 Å². The number of alkyl halides is 3. The van der Waals surface area contributed by atoms with Crippen LogP contribution in [-0.4, -0.2) is 28.8 Å². The van der Waals surface area contributed by atoms with Gasteiger partial charge in [-0.25, -0.2) is 4.98 Å². The Morgan fingerprint density at radius 2 is 2.16 bits per heavy atom. The molecular formula is C12H14ClF3N2O. The van der Waals surface area contributed by atoms with Crippen molar-refractivity contribution < 1.29 is 18.3 Å². The van der Waals surface area contributed by atoms with Gasteiger partial charge >= 0.3 is 6.18 Å². The van der Waals surface area contributed by atoms with E-state index < -0.39 is 11.7 Å². The van der Waals surface area contributed by atoms with E-state index in [0.717, 1.165) is 12.3 Å². The molecule has 106 valence electrons. The lowest BCUT2D eigenvalue weighted by Crippen LogP contribution is -2.43. The topological polar surface area (TPSA) is 36.4 Å². The lowest BCUT2D eigenvalue weighted by atomic mass is 10.0. The van der Waals surface area contributed by atoms with Crippen LogP contribution in [0.15, 0.2) is 12.3 Å². The van der Waals surface area contributed by atoms with Crippen LogP contribution in [0.1, 0.15) is 25.3 Å². The van der Waals surface area contributed by atoms with Crippen LogP contribution in [0.3, 0.4) is 0 Å². The predicted octanol–water partition coefficient (Wildman–Crippen LogP) is 3.10. The van der Waals surface area contributed by atoms with Crippen LogP contribution in [0.2, 0.25) is 5.02 Å². The number of nitrogens with zero attached hydrogens (tertiary/aromatic N) is 2. The summed E-state index contributed by atoms with van der Waals surface area (Å²) in [5, 5.41) is 9.52. The minimum absolute atomic E-state index is 0.00881. The average molecular weight is 295 g/mol. The SMILES string of the molecule is CC1C[C@@H](O)CCN1c1ncc(C(F)(F)F)cc1Cl. The second-order valence-electron chi connectivity index (χ2n) is 4.75. The molecule has 0 aliphatic carbocycles. The van der Waals surface area contributed by atoms with Crippen molar-refractivity contribution in [1.29, 1.82) is 0 Å². The summed E-state index contributed by atoms with van der Waals surface area (Å²) in [6, 6.07) is 0.882. The minimum atomic E-state index is -4.45. The molecule has 2 rings (SSSR count). The Labute approximate surface area is 114 Å². The molecule has 0 aromatic carbocycles. The molecule has 19 heavy (non-hydrogen) atoms. The number of hydrogen-bond donors (Lipinski definition) is 1. The smallest absolute Gasteiger partial charge is 0.393 e. The Morgan fingerprint density at radius 3 is 2.68 bits per heavy atom. The standard InChI is InChI=1S/C12H14ClF3N2O/c1-7-4-9(19)2-3-18(7)11-10(13)5-8(6-17-11)12(14,15)16/h5-7,9,19H,2-4H2,1H3/t7?,9-/m0/s1. The fourth-order valence-corrected chi connectivity index (χ4v) is 2.53. The van der Waals surface area contributed by atoms with E-state index in [1.807, 2.05) is 11.8 Å². The monoisotopic (exact) mass is 294 g/mol. The van der Waals surface area contributed by atoms with Crippen molar-refractivity contribution in [3.05, 3.63) is 22.8 Å². The molecule has 1 aliphatic heterocycles. The van der Waals surface area contributed by atoms with Gasteiger partial charge in [-0.3, -0.25) is 0 Å². The number of pyridine rings is 1. The van der Waals surface area contributed by atoms with Crippen molar-refractivity contribution in [2.45, 2.75) is 38.1 Å². The van der Waals surface area contributed by atoms with Gasteiger partial charge in [-0.2, -0.15) is 13.2 Å². The third kappa shape index (κ3) is 3.12. The largest absolute Gasteiger partial charge is 0.417 e. The Balaban J connectivity index is 2.26. The van der Waals surface area contributed by atoms with Crippen molar-refractivity contribution in [1.82, 2.24) is 4.98 Å². The molecule has 2 atom stereocenters. The van der Waals surface area contributed by atoms with E-state index >= 15 is 0 Å². The lowest BCUT2D eigenvalue weighted by molar-refractivity contribution is -0.137. The maximum atomic E-state index is 12.5. The highest BCUT2D eigenvalue weighted by Crippen LogP contribution is 2.35. The molecule has 7 heteroatoms. The van der Waals surface area contributed by atoms with Crippen LogP contribution in [-0.2, 0) is 6.18 Å². The van der Waals surface area contributed by atoms with E-state index in [1.165, 1.54) is 0 Å². The molecule has 1 aromatic heterocycles. The van der Waals surface area contributed by atoms with Gasteiger partial charge in [-0.15, -0.1) is 0 Å². The predicted molar refractivity (Wildman–Crippen MR) is 66.3 cm³/mol. The van der Waals surface area contributed by atoms with E-state index in [2.05, 4.69) is 4.98 Å². The highest BCUT2D eigenvalue weighted by Gasteiger charge is 2.33. The summed E-state index contributed by atoms with van der Waals surface area (Å²) in [7, 11) is 0. The third-order valence-corrected chi connectivity index (χ3v) is 3.55. The highest BCUT2D eigenvalue weighted by atomic mass is 35.5. The molecule has 0 saturated carbocycles. The van der Waals surface area contributed by atoms with E-state index in [1.54, 1.807) is 0 Å². The average Bonchev–Trinajstić information content (AvgIpc) is 2.28. The van der Waals surface area contributed by atoms with Crippen LogP contribution in [0.5, 0.6) is 0 Å². The van der Waals surface area contributed by atoms with Crippen LogP contribution < -0.4 is 4.90 Å². The van der Waals surface area contributed by atoms with E-state index in [0.29, 0.717) is 25.2 Å². The number of aliphatic hydroxyl groups excluding tert-OH is 1. The summed E-state index contributed by atoms with van der Waals surface area (Å²) in [5.74, 6) is 0.342. The van der Waals surface area contributed by atoms with Crippen LogP contribution in [0, 0.1) is 0 Å². The first-order valence-electron chi connectivity index (χ1n) is 5.96. The molecule has 1 fully saturated rings. The van der Waals surface area contributed by atoms with Crippen LogP contribution in [0.4, 0.5) is 19.0 Å². The lowest BCUT2D eigenvalue weighted by Gasteiger charge is -2.37. The van der Waals surface area contributed by atoms with Crippen molar-refractivity contribution in [3.8, 4) is 0 Å². The van der Waals surface area contributed by atoms with Crippen molar-refractivity contribution in [3.63, 3.8) is 0 Å². The number of anilines is 1.